The predicted molar refractivity (Wildman–Crippen MR) is 75.3 cm³/mol. The van der Waals surface area contributed by atoms with Crippen molar-refractivity contribution in [2.45, 2.75) is 32.6 Å². The average molecular weight is 270 g/mol. The molecule has 0 aromatic heterocycles. The Labute approximate surface area is 113 Å². The van der Waals surface area contributed by atoms with E-state index in [1.165, 1.54) is 0 Å². The molecule has 1 aromatic carbocycles. The fraction of sp³-hybridized carbons (Fsp3) is 0.500. The number of rotatable bonds is 7. The van der Waals surface area contributed by atoms with Crippen molar-refractivity contribution < 1.29 is 9.53 Å². The number of benzene rings is 1. The average Bonchev–Trinajstić information content (AvgIpc) is 2.33. The monoisotopic (exact) mass is 269 g/mol. The summed E-state index contributed by atoms with van der Waals surface area (Å²) in [6.07, 6.45) is 3.66. The molecule has 3 nitrogen and oxygen atoms in total. The van der Waals surface area contributed by atoms with Crippen LogP contribution in [0, 0.1) is 6.92 Å². The minimum Gasteiger partial charge on any atom is -0.449 e. The van der Waals surface area contributed by atoms with Crippen molar-refractivity contribution in [3.8, 4) is 0 Å². The molecule has 100 valence electrons. The summed E-state index contributed by atoms with van der Waals surface area (Å²) in [4.78, 5) is 11.5. The molecule has 1 amide bonds. The number of hydrogen-bond donors (Lipinski definition) is 1. The Kier molecular flexibility index (Phi) is 7.26. The van der Waals surface area contributed by atoms with Crippen LogP contribution in [0.2, 0.25) is 0 Å². The molecular weight excluding hydrogens is 250 g/mol. The van der Waals surface area contributed by atoms with Gasteiger partial charge in [-0.3, -0.25) is 5.32 Å². The molecule has 0 aliphatic carbocycles. The van der Waals surface area contributed by atoms with Crippen LogP contribution in [0.15, 0.2) is 24.3 Å². The number of ether oxygens (including phenoxy) is 1. The largest absolute Gasteiger partial charge is 0.449 e. The summed E-state index contributed by atoms with van der Waals surface area (Å²) in [6.45, 7) is 2.44. The van der Waals surface area contributed by atoms with Crippen LogP contribution in [0.25, 0.3) is 0 Å². The summed E-state index contributed by atoms with van der Waals surface area (Å²) in [6, 6.07) is 7.63. The topological polar surface area (TPSA) is 38.3 Å². The molecule has 0 saturated heterocycles. The van der Waals surface area contributed by atoms with Crippen LogP contribution in [-0.2, 0) is 4.74 Å². The first-order valence-electron chi connectivity index (χ1n) is 6.29. The number of hydrogen-bond acceptors (Lipinski definition) is 2. The number of alkyl halides is 1. The fourth-order valence-corrected chi connectivity index (χ4v) is 1.78. The van der Waals surface area contributed by atoms with E-state index in [0.717, 1.165) is 36.9 Å². The third kappa shape index (κ3) is 6.50. The van der Waals surface area contributed by atoms with Gasteiger partial charge in [0.25, 0.3) is 0 Å². The minimum atomic E-state index is -0.391. The van der Waals surface area contributed by atoms with Gasteiger partial charge in [-0.25, -0.2) is 4.79 Å². The molecule has 0 atom stereocenters. The second kappa shape index (κ2) is 8.81. The van der Waals surface area contributed by atoms with Crippen molar-refractivity contribution in [1.29, 1.82) is 0 Å². The maximum atomic E-state index is 11.5. The first-order valence-corrected chi connectivity index (χ1v) is 6.82. The standard InChI is InChI=1S/C14H20ClNO2/c1-12-7-6-8-13(11-12)16-14(17)18-10-5-3-2-4-9-15/h6-8,11H,2-5,9-10H2,1H3,(H,16,17). The highest BCUT2D eigenvalue weighted by Crippen LogP contribution is 2.10. The smallest absolute Gasteiger partial charge is 0.411 e. The minimum absolute atomic E-state index is 0.391. The van der Waals surface area contributed by atoms with E-state index in [9.17, 15) is 4.79 Å². The van der Waals surface area contributed by atoms with Gasteiger partial charge in [-0.2, -0.15) is 0 Å². The van der Waals surface area contributed by atoms with Crippen molar-refractivity contribution in [2.24, 2.45) is 0 Å². The van der Waals surface area contributed by atoms with Gasteiger partial charge in [-0.1, -0.05) is 25.0 Å². The fourth-order valence-electron chi connectivity index (χ4n) is 1.59. The molecule has 1 rings (SSSR count). The van der Waals surface area contributed by atoms with Crippen molar-refractivity contribution in [3.05, 3.63) is 29.8 Å². The number of aryl methyl sites for hydroxylation is 1. The number of amides is 1. The summed E-state index contributed by atoms with van der Waals surface area (Å²) in [5.74, 6) is 0.703. The highest BCUT2D eigenvalue weighted by atomic mass is 35.5. The van der Waals surface area contributed by atoms with E-state index >= 15 is 0 Å². The second-order valence-electron chi connectivity index (χ2n) is 4.23. The molecule has 18 heavy (non-hydrogen) atoms. The normalized spacial score (nSPS) is 10.1. The Morgan fingerprint density at radius 2 is 2.06 bits per heavy atom. The molecule has 0 saturated carbocycles. The molecule has 0 aliphatic heterocycles. The summed E-state index contributed by atoms with van der Waals surface area (Å²) < 4.78 is 5.08. The molecule has 0 fully saturated rings. The second-order valence-corrected chi connectivity index (χ2v) is 4.61. The molecule has 0 spiro atoms. The van der Waals surface area contributed by atoms with E-state index in [2.05, 4.69) is 5.32 Å². The van der Waals surface area contributed by atoms with Gasteiger partial charge >= 0.3 is 6.09 Å². The van der Waals surface area contributed by atoms with Gasteiger partial charge in [0.05, 0.1) is 6.61 Å². The molecule has 0 heterocycles. The van der Waals surface area contributed by atoms with Gasteiger partial charge in [0, 0.05) is 11.6 Å². The zero-order valence-corrected chi connectivity index (χ0v) is 11.5. The molecule has 4 heteroatoms. The van der Waals surface area contributed by atoms with Crippen LogP contribution < -0.4 is 5.32 Å². The quantitative estimate of drug-likeness (QED) is 0.591. The van der Waals surface area contributed by atoms with Crippen LogP contribution in [0.1, 0.15) is 31.2 Å². The van der Waals surface area contributed by atoms with E-state index in [4.69, 9.17) is 16.3 Å². The zero-order chi connectivity index (χ0) is 13.2. The number of unbranched alkanes of at least 4 members (excludes halogenated alkanes) is 3. The van der Waals surface area contributed by atoms with Crippen molar-refractivity contribution in [2.75, 3.05) is 17.8 Å². The van der Waals surface area contributed by atoms with Gasteiger partial charge in [0.2, 0.25) is 0 Å². The van der Waals surface area contributed by atoms with Crippen molar-refractivity contribution in [3.63, 3.8) is 0 Å². The Morgan fingerprint density at radius 1 is 1.28 bits per heavy atom. The van der Waals surface area contributed by atoms with Crippen molar-refractivity contribution in [1.82, 2.24) is 0 Å². The van der Waals surface area contributed by atoms with E-state index in [1.807, 2.05) is 31.2 Å². The SMILES string of the molecule is Cc1cccc(NC(=O)OCCCCCCCl)c1. The number of nitrogens with one attached hydrogen (secondary N) is 1. The summed E-state index contributed by atoms with van der Waals surface area (Å²) in [7, 11) is 0. The molecule has 1 aromatic rings. The van der Waals surface area contributed by atoms with Crippen molar-refractivity contribution >= 4 is 23.4 Å². The van der Waals surface area contributed by atoms with E-state index in [1.54, 1.807) is 0 Å². The van der Waals surface area contributed by atoms with Crippen LogP contribution in [-0.4, -0.2) is 18.6 Å². The van der Waals surface area contributed by atoms with Crippen LogP contribution in [0.4, 0.5) is 10.5 Å². The lowest BCUT2D eigenvalue weighted by Gasteiger charge is -2.07. The van der Waals surface area contributed by atoms with Gasteiger partial charge < -0.3 is 4.74 Å². The molecular formula is C14H20ClNO2. The van der Waals surface area contributed by atoms with E-state index < -0.39 is 6.09 Å². The third-order valence-electron chi connectivity index (χ3n) is 2.53. The number of carbonyl (C=O) groups is 1. The highest BCUT2D eigenvalue weighted by molar-refractivity contribution is 6.17. The van der Waals surface area contributed by atoms with Crippen LogP contribution in [0.5, 0.6) is 0 Å². The maximum absolute atomic E-state index is 11.5. The molecule has 0 unspecified atom stereocenters. The Hall–Kier alpha value is -1.22. The van der Waals surface area contributed by atoms with E-state index in [0.29, 0.717) is 12.5 Å². The van der Waals surface area contributed by atoms with Gasteiger partial charge in [-0.05, 0) is 37.5 Å². The maximum Gasteiger partial charge on any atom is 0.411 e. The highest BCUT2D eigenvalue weighted by Gasteiger charge is 2.02. The van der Waals surface area contributed by atoms with Gasteiger partial charge in [-0.15, -0.1) is 11.6 Å². The summed E-state index contributed by atoms with van der Waals surface area (Å²) >= 11 is 5.57. The lowest BCUT2D eigenvalue weighted by Crippen LogP contribution is -2.14. The molecule has 0 radical (unpaired) electrons. The van der Waals surface area contributed by atoms with E-state index in [-0.39, 0.29) is 0 Å². The Bertz CT molecular complexity index is 369. The summed E-state index contributed by atoms with van der Waals surface area (Å²) in [5.41, 5.74) is 1.87. The molecule has 0 bridgehead atoms. The predicted octanol–water partition coefficient (Wildman–Crippen LogP) is 4.34. The Balaban J connectivity index is 2.14. The van der Waals surface area contributed by atoms with Crippen LogP contribution >= 0.6 is 11.6 Å². The number of carbonyl (C=O) groups excluding carboxylic acids is 1. The molecule has 0 aliphatic rings. The third-order valence-corrected chi connectivity index (χ3v) is 2.79. The van der Waals surface area contributed by atoms with Crippen LogP contribution in [0.3, 0.4) is 0 Å². The molecule has 1 N–H and O–H groups in total. The number of halogens is 1. The van der Waals surface area contributed by atoms with Gasteiger partial charge in [0.15, 0.2) is 0 Å². The Morgan fingerprint density at radius 3 is 2.78 bits per heavy atom. The first kappa shape index (κ1) is 14.8. The van der Waals surface area contributed by atoms with Gasteiger partial charge in [0.1, 0.15) is 0 Å². The lowest BCUT2D eigenvalue weighted by atomic mass is 10.2. The number of anilines is 1. The lowest BCUT2D eigenvalue weighted by molar-refractivity contribution is 0.159. The zero-order valence-electron chi connectivity index (χ0n) is 10.7. The first-order chi connectivity index (χ1) is 8.72. The summed E-state index contributed by atoms with van der Waals surface area (Å²) in [5, 5.41) is 2.70.